The zero-order chi connectivity index (χ0) is 13.5. The second kappa shape index (κ2) is 7.65. The standard InChI is InChI=1S/C14H23ClN4/c1-19(12-6-3-2-4-7-12)11-5-10-16-14-9-8-13(15)17-18-14/h8-9,12H,2-7,10-11H2,1H3,(H,16,18). The maximum atomic E-state index is 5.69. The predicted molar refractivity (Wildman–Crippen MR) is 79.7 cm³/mol. The van der Waals surface area contributed by atoms with E-state index >= 15 is 0 Å². The van der Waals surface area contributed by atoms with Gasteiger partial charge in [-0.05, 0) is 45.0 Å². The minimum Gasteiger partial charge on any atom is -0.369 e. The highest BCUT2D eigenvalue weighted by Crippen LogP contribution is 2.21. The number of rotatable bonds is 6. The van der Waals surface area contributed by atoms with Crippen molar-refractivity contribution >= 4 is 17.4 Å². The van der Waals surface area contributed by atoms with Crippen LogP contribution in [0.4, 0.5) is 5.82 Å². The van der Waals surface area contributed by atoms with E-state index in [1.54, 1.807) is 6.07 Å². The molecule has 0 saturated heterocycles. The maximum Gasteiger partial charge on any atom is 0.151 e. The van der Waals surface area contributed by atoms with Gasteiger partial charge in [-0.1, -0.05) is 30.9 Å². The molecule has 1 saturated carbocycles. The van der Waals surface area contributed by atoms with E-state index < -0.39 is 0 Å². The Kier molecular flexibility index (Phi) is 5.86. The lowest BCUT2D eigenvalue weighted by molar-refractivity contribution is 0.191. The molecule has 1 aliphatic rings. The van der Waals surface area contributed by atoms with Crippen LogP contribution in [0.5, 0.6) is 0 Å². The average molecular weight is 283 g/mol. The highest BCUT2D eigenvalue weighted by Gasteiger charge is 2.17. The van der Waals surface area contributed by atoms with Gasteiger partial charge >= 0.3 is 0 Å². The third-order valence-electron chi connectivity index (χ3n) is 3.82. The van der Waals surface area contributed by atoms with Crippen LogP contribution in [0.25, 0.3) is 0 Å². The molecule has 1 aliphatic carbocycles. The first-order valence-electron chi connectivity index (χ1n) is 7.19. The summed E-state index contributed by atoms with van der Waals surface area (Å²) < 4.78 is 0. The van der Waals surface area contributed by atoms with Gasteiger partial charge in [0, 0.05) is 12.6 Å². The summed E-state index contributed by atoms with van der Waals surface area (Å²) in [7, 11) is 2.25. The largest absolute Gasteiger partial charge is 0.369 e. The minimum absolute atomic E-state index is 0.433. The molecule has 4 nitrogen and oxygen atoms in total. The third-order valence-corrected chi connectivity index (χ3v) is 4.03. The van der Waals surface area contributed by atoms with Gasteiger partial charge in [-0.25, -0.2) is 0 Å². The first-order chi connectivity index (χ1) is 9.25. The van der Waals surface area contributed by atoms with Crippen molar-refractivity contribution in [2.24, 2.45) is 0 Å². The van der Waals surface area contributed by atoms with Crippen molar-refractivity contribution in [3.05, 3.63) is 17.3 Å². The van der Waals surface area contributed by atoms with Crippen LogP contribution in [0.2, 0.25) is 5.15 Å². The molecule has 0 aromatic carbocycles. The fourth-order valence-corrected chi connectivity index (χ4v) is 2.76. The van der Waals surface area contributed by atoms with Gasteiger partial charge in [0.15, 0.2) is 5.15 Å². The van der Waals surface area contributed by atoms with Crippen LogP contribution < -0.4 is 5.32 Å². The fourth-order valence-electron chi connectivity index (χ4n) is 2.66. The molecule has 1 aromatic rings. The van der Waals surface area contributed by atoms with Crippen LogP contribution >= 0.6 is 11.6 Å². The summed E-state index contributed by atoms with van der Waals surface area (Å²) >= 11 is 5.69. The van der Waals surface area contributed by atoms with Crippen LogP contribution in [0.15, 0.2) is 12.1 Å². The number of hydrogen-bond donors (Lipinski definition) is 1. The monoisotopic (exact) mass is 282 g/mol. The Balaban J connectivity index is 1.62. The number of hydrogen-bond acceptors (Lipinski definition) is 4. The average Bonchev–Trinajstić information content (AvgIpc) is 2.46. The summed E-state index contributed by atoms with van der Waals surface area (Å²) in [5.74, 6) is 0.796. The van der Waals surface area contributed by atoms with Crippen molar-refractivity contribution in [3.63, 3.8) is 0 Å². The molecule has 0 radical (unpaired) electrons. The molecule has 0 amide bonds. The molecule has 0 bridgehead atoms. The van der Waals surface area contributed by atoms with Crippen molar-refractivity contribution in [2.45, 2.75) is 44.6 Å². The summed E-state index contributed by atoms with van der Waals surface area (Å²) in [6.07, 6.45) is 8.07. The Morgan fingerprint density at radius 1 is 1.26 bits per heavy atom. The third kappa shape index (κ3) is 4.96. The maximum absolute atomic E-state index is 5.69. The molecule has 0 atom stereocenters. The molecule has 19 heavy (non-hydrogen) atoms. The number of nitrogens with one attached hydrogen (secondary N) is 1. The van der Waals surface area contributed by atoms with Gasteiger partial charge < -0.3 is 10.2 Å². The number of aromatic nitrogens is 2. The van der Waals surface area contributed by atoms with E-state index in [-0.39, 0.29) is 0 Å². The number of halogens is 1. The van der Waals surface area contributed by atoms with E-state index in [2.05, 4.69) is 27.5 Å². The van der Waals surface area contributed by atoms with Crippen LogP contribution in [0, 0.1) is 0 Å². The minimum atomic E-state index is 0.433. The summed E-state index contributed by atoms with van der Waals surface area (Å²) in [4.78, 5) is 2.51. The smallest absolute Gasteiger partial charge is 0.151 e. The molecule has 1 fully saturated rings. The molecule has 2 rings (SSSR count). The number of nitrogens with zero attached hydrogens (tertiary/aromatic N) is 3. The Labute approximate surface area is 120 Å². The van der Waals surface area contributed by atoms with Crippen LogP contribution in [-0.4, -0.2) is 41.3 Å². The van der Waals surface area contributed by atoms with E-state index in [0.29, 0.717) is 5.15 Å². The summed E-state index contributed by atoms with van der Waals surface area (Å²) in [5.41, 5.74) is 0. The molecular formula is C14H23ClN4. The van der Waals surface area contributed by atoms with Gasteiger partial charge in [0.1, 0.15) is 5.82 Å². The van der Waals surface area contributed by atoms with Crippen molar-refractivity contribution in [1.82, 2.24) is 15.1 Å². The van der Waals surface area contributed by atoms with Crippen LogP contribution in [0.1, 0.15) is 38.5 Å². The van der Waals surface area contributed by atoms with Gasteiger partial charge in [-0.2, -0.15) is 0 Å². The first-order valence-corrected chi connectivity index (χ1v) is 7.57. The zero-order valence-corrected chi connectivity index (χ0v) is 12.4. The zero-order valence-electron chi connectivity index (χ0n) is 11.6. The lowest BCUT2D eigenvalue weighted by Gasteiger charge is -2.31. The van der Waals surface area contributed by atoms with Gasteiger partial charge in [-0.3, -0.25) is 0 Å². The highest BCUT2D eigenvalue weighted by molar-refractivity contribution is 6.29. The Hall–Kier alpha value is -0.870. The Morgan fingerprint density at radius 3 is 2.74 bits per heavy atom. The summed E-state index contributed by atoms with van der Waals surface area (Å²) in [6.45, 7) is 2.06. The summed E-state index contributed by atoms with van der Waals surface area (Å²) in [6, 6.07) is 4.41. The normalized spacial score (nSPS) is 16.8. The van der Waals surface area contributed by atoms with E-state index in [9.17, 15) is 0 Å². The number of anilines is 1. The molecule has 1 N–H and O–H groups in total. The molecule has 106 valence electrons. The molecule has 1 aromatic heterocycles. The second-order valence-electron chi connectivity index (χ2n) is 5.29. The molecule has 1 heterocycles. The SMILES string of the molecule is CN(CCCNc1ccc(Cl)nn1)C1CCCCC1. The van der Waals surface area contributed by atoms with Crippen molar-refractivity contribution < 1.29 is 0 Å². The molecule has 0 aliphatic heterocycles. The van der Waals surface area contributed by atoms with Crippen molar-refractivity contribution in [2.75, 3.05) is 25.5 Å². The quantitative estimate of drug-likeness (QED) is 0.814. The van der Waals surface area contributed by atoms with E-state index in [0.717, 1.165) is 31.4 Å². The highest BCUT2D eigenvalue weighted by atomic mass is 35.5. The molecule has 5 heteroatoms. The van der Waals surface area contributed by atoms with E-state index in [4.69, 9.17) is 11.6 Å². The first kappa shape index (κ1) is 14.5. The van der Waals surface area contributed by atoms with E-state index in [1.807, 2.05) is 6.07 Å². The van der Waals surface area contributed by atoms with Gasteiger partial charge in [0.25, 0.3) is 0 Å². The topological polar surface area (TPSA) is 41.0 Å². The van der Waals surface area contributed by atoms with Gasteiger partial charge in [0.2, 0.25) is 0 Å². The van der Waals surface area contributed by atoms with Gasteiger partial charge in [0.05, 0.1) is 0 Å². The lowest BCUT2D eigenvalue weighted by atomic mass is 9.94. The van der Waals surface area contributed by atoms with E-state index in [1.165, 1.54) is 32.1 Å². The van der Waals surface area contributed by atoms with Crippen molar-refractivity contribution in [1.29, 1.82) is 0 Å². The predicted octanol–water partition coefficient (Wildman–Crippen LogP) is 3.20. The van der Waals surface area contributed by atoms with Gasteiger partial charge in [-0.15, -0.1) is 10.2 Å². The van der Waals surface area contributed by atoms with Crippen LogP contribution in [-0.2, 0) is 0 Å². The second-order valence-corrected chi connectivity index (χ2v) is 5.68. The molecular weight excluding hydrogens is 260 g/mol. The fraction of sp³-hybridized carbons (Fsp3) is 0.714. The molecule has 0 spiro atoms. The van der Waals surface area contributed by atoms with Crippen LogP contribution in [0.3, 0.4) is 0 Å². The van der Waals surface area contributed by atoms with Crippen molar-refractivity contribution in [3.8, 4) is 0 Å². The molecule has 0 unspecified atom stereocenters. The summed E-state index contributed by atoms with van der Waals surface area (Å²) in [5, 5.41) is 11.5. The lowest BCUT2D eigenvalue weighted by Crippen LogP contribution is -2.34. The Morgan fingerprint density at radius 2 is 2.05 bits per heavy atom. The Bertz CT molecular complexity index is 362.